The van der Waals surface area contributed by atoms with E-state index in [9.17, 15) is 4.79 Å². The number of rotatable bonds is 3. The van der Waals surface area contributed by atoms with Gasteiger partial charge in [0.2, 0.25) is 0 Å². The second-order valence-corrected chi connectivity index (χ2v) is 6.84. The average Bonchev–Trinajstić information content (AvgIpc) is 3.04. The fourth-order valence-corrected chi connectivity index (χ4v) is 3.48. The zero-order chi connectivity index (χ0) is 16.5. The average molecular weight is 399 g/mol. The number of aromatic nitrogens is 1. The summed E-state index contributed by atoms with van der Waals surface area (Å²) >= 11 is 4.93. The summed E-state index contributed by atoms with van der Waals surface area (Å²) in [7, 11) is 0. The van der Waals surface area contributed by atoms with E-state index in [0.717, 1.165) is 15.5 Å². The van der Waals surface area contributed by atoms with Crippen LogP contribution < -0.4 is 10.9 Å². The molecule has 1 N–H and O–H groups in total. The normalized spacial score (nSPS) is 10.9. The van der Waals surface area contributed by atoms with E-state index in [2.05, 4.69) is 26.2 Å². The van der Waals surface area contributed by atoms with Crippen molar-refractivity contribution in [2.45, 2.75) is 0 Å². The van der Waals surface area contributed by atoms with Crippen molar-refractivity contribution in [3.63, 3.8) is 0 Å². The summed E-state index contributed by atoms with van der Waals surface area (Å²) in [5.74, 6) is 0. The number of hydrogen-bond donors (Lipinski definition) is 1. The van der Waals surface area contributed by atoms with Crippen molar-refractivity contribution in [1.82, 2.24) is 4.98 Å². The Bertz CT molecular complexity index is 1090. The van der Waals surface area contributed by atoms with E-state index in [1.165, 1.54) is 11.3 Å². The van der Waals surface area contributed by atoms with Crippen LogP contribution in [-0.2, 0) is 0 Å². The summed E-state index contributed by atoms with van der Waals surface area (Å²) in [6.45, 7) is 0. The molecule has 0 radical (unpaired) electrons. The minimum atomic E-state index is -0.383. The molecule has 4 nitrogen and oxygen atoms in total. The van der Waals surface area contributed by atoms with Crippen LogP contribution in [0.2, 0.25) is 0 Å². The van der Waals surface area contributed by atoms with E-state index < -0.39 is 0 Å². The molecular weight excluding hydrogens is 388 g/mol. The van der Waals surface area contributed by atoms with Crippen LogP contribution in [0.3, 0.4) is 0 Å². The Labute approximate surface area is 149 Å². The third kappa shape index (κ3) is 2.86. The molecule has 0 aliphatic heterocycles. The number of para-hydroxylation sites is 2. The van der Waals surface area contributed by atoms with E-state index in [-0.39, 0.29) is 5.63 Å². The molecule has 118 valence electrons. The maximum atomic E-state index is 12.2. The highest BCUT2D eigenvalue weighted by molar-refractivity contribution is 9.10. The van der Waals surface area contributed by atoms with Crippen LogP contribution in [0.15, 0.2) is 73.7 Å². The van der Waals surface area contributed by atoms with E-state index in [0.29, 0.717) is 22.0 Å². The van der Waals surface area contributed by atoms with Crippen LogP contribution in [0.1, 0.15) is 0 Å². The Morgan fingerprint density at radius 2 is 1.88 bits per heavy atom. The van der Waals surface area contributed by atoms with Crippen molar-refractivity contribution in [3.05, 3.63) is 74.9 Å². The van der Waals surface area contributed by atoms with Crippen LogP contribution in [0.25, 0.3) is 22.2 Å². The number of anilines is 2. The first-order valence-electron chi connectivity index (χ1n) is 7.21. The topological polar surface area (TPSA) is 55.1 Å². The lowest BCUT2D eigenvalue weighted by molar-refractivity contribution is 0.563. The van der Waals surface area contributed by atoms with Crippen LogP contribution in [0.4, 0.5) is 10.8 Å². The van der Waals surface area contributed by atoms with E-state index in [1.807, 2.05) is 53.9 Å². The van der Waals surface area contributed by atoms with Crippen molar-refractivity contribution in [1.29, 1.82) is 0 Å². The molecule has 0 atom stereocenters. The van der Waals surface area contributed by atoms with Crippen molar-refractivity contribution in [2.24, 2.45) is 0 Å². The molecule has 6 heteroatoms. The van der Waals surface area contributed by atoms with Gasteiger partial charge in [-0.15, -0.1) is 11.3 Å². The zero-order valence-electron chi connectivity index (χ0n) is 12.3. The lowest BCUT2D eigenvalue weighted by Crippen LogP contribution is -2.02. The maximum Gasteiger partial charge on any atom is 0.345 e. The first kappa shape index (κ1) is 15.1. The molecular formula is C18H11BrN2O2S. The second-order valence-electron chi connectivity index (χ2n) is 5.13. The summed E-state index contributed by atoms with van der Waals surface area (Å²) in [6.07, 6.45) is 0. The fourth-order valence-electron chi connectivity index (χ4n) is 2.37. The molecule has 0 unspecified atom stereocenters. The van der Waals surface area contributed by atoms with Gasteiger partial charge in [-0.25, -0.2) is 9.78 Å². The van der Waals surface area contributed by atoms with Crippen LogP contribution in [0, 0.1) is 0 Å². The van der Waals surface area contributed by atoms with Gasteiger partial charge in [0.1, 0.15) is 5.58 Å². The molecule has 0 saturated carbocycles. The molecule has 0 spiro atoms. The number of hydrogen-bond acceptors (Lipinski definition) is 5. The number of halogens is 1. The lowest BCUT2D eigenvalue weighted by Gasteiger charge is -2.04. The smallest absolute Gasteiger partial charge is 0.345 e. The Morgan fingerprint density at radius 3 is 2.75 bits per heavy atom. The number of fused-ring (bicyclic) bond motifs is 1. The van der Waals surface area contributed by atoms with Crippen molar-refractivity contribution in [2.75, 3.05) is 5.32 Å². The van der Waals surface area contributed by atoms with E-state index in [1.54, 1.807) is 6.07 Å². The van der Waals surface area contributed by atoms with E-state index >= 15 is 0 Å². The maximum absolute atomic E-state index is 12.2. The van der Waals surface area contributed by atoms with Gasteiger partial charge >= 0.3 is 5.63 Å². The minimum absolute atomic E-state index is 0.383. The Morgan fingerprint density at radius 1 is 1.08 bits per heavy atom. The molecule has 0 amide bonds. The van der Waals surface area contributed by atoms with Crippen molar-refractivity contribution >= 4 is 49.1 Å². The first-order chi connectivity index (χ1) is 11.7. The van der Waals surface area contributed by atoms with Gasteiger partial charge in [0.25, 0.3) is 0 Å². The first-order valence-corrected chi connectivity index (χ1v) is 8.88. The summed E-state index contributed by atoms with van der Waals surface area (Å²) in [6, 6.07) is 17.1. The third-order valence-corrected chi connectivity index (χ3v) is 4.99. The van der Waals surface area contributed by atoms with Crippen LogP contribution >= 0.6 is 27.3 Å². The number of thiazole rings is 1. The summed E-state index contributed by atoms with van der Waals surface area (Å²) in [4.78, 5) is 16.7. The highest BCUT2D eigenvalue weighted by Crippen LogP contribution is 2.30. The molecule has 2 aromatic heterocycles. The second kappa shape index (κ2) is 6.22. The Balaban J connectivity index is 1.71. The summed E-state index contributed by atoms with van der Waals surface area (Å²) in [5, 5.41) is 6.68. The fraction of sp³-hybridized carbons (Fsp3) is 0. The quantitative estimate of drug-likeness (QED) is 0.467. The van der Waals surface area contributed by atoms with Gasteiger partial charge in [0, 0.05) is 15.2 Å². The van der Waals surface area contributed by atoms with Gasteiger partial charge in [0.05, 0.1) is 16.9 Å². The predicted molar refractivity (Wildman–Crippen MR) is 101 cm³/mol. The predicted octanol–water partition coefficient (Wildman–Crippen LogP) is 5.42. The lowest BCUT2D eigenvalue weighted by atomic mass is 10.1. The highest BCUT2D eigenvalue weighted by atomic mass is 79.9. The van der Waals surface area contributed by atoms with E-state index in [4.69, 9.17) is 4.42 Å². The molecule has 4 aromatic rings. The van der Waals surface area contributed by atoms with Gasteiger partial charge in [-0.1, -0.05) is 30.3 Å². The largest absolute Gasteiger partial charge is 0.422 e. The molecule has 2 aromatic carbocycles. The molecule has 0 saturated heterocycles. The number of nitrogens with one attached hydrogen (secondary N) is 1. The van der Waals surface area contributed by atoms with Crippen LogP contribution in [-0.4, -0.2) is 4.98 Å². The van der Waals surface area contributed by atoms with Gasteiger partial charge in [-0.2, -0.15) is 0 Å². The van der Waals surface area contributed by atoms with Crippen molar-refractivity contribution < 1.29 is 4.42 Å². The minimum Gasteiger partial charge on any atom is -0.422 e. The zero-order valence-corrected chi connectivity index (χ0v) is 14.7. The third-order valence-electron chi connectivity index (χ3n) is 3.54. The molecule has 0 bridgehead atoms. The highest BCUT2D eigenvalue weighted by Gasteiger charge is 2.12. The molecule has 0 aliphatic rings. The standard InChI is InChI=1S/C18H11BrN2O2S/c19-13-6-2-3-7-14(13)20-18-21-15(10-24-18)12-9-11-5-1-4-8-16(11)23-17(12)22/h1-10H,(H,20,21). The molecule has 4 rings (SSSR count). The number of nitrogens with zero attached hydrogens (tertiary/aromatic N) is 1. The Hall–Kier alpha value is -2.44. The van der Waals surface area contributed by atoms with Gasteiger partial charge in [-0.3, -0.25) is 0 Å². The SMILES string of the molecule is O=c1oc2ccccc2cc1-c1csc(Nc2ccccc2Br)n1. The molecule has 0 aliphatic carbocycles. The number of benzene rings is 2. The Kier molecular flexibility index (Phi) is 3.92. The molecule has 24 heavy (non-hydrogen) atoms. The van der Waals surface area contributed by atoms with Gasteiger partial charge in [0.15, 0.2) is 5.13 Å². The van der Waals surface area contributed by atoms with Crippen LogP contribution in [0.5, 0.6) is 0 Å². The van der Waals surface area contributed by atoms with Gasteiger partial charge < -0.3 is 9.73 Å². The summed E-state index contributed by atoms with van der Waals surface area (Å²) in [5.41, 5.74) is 2.18. The van der Waals surface area contributed by atoms with Crippen molar-refractivity contribution in [3.8, 4) is 11.3 Å². The summed E-state index contributed by atoms with van der Waals surface area (Å²) < 4.78 is 6.33. The molecule has 2 heterocycles. The molecule has 0 fully saturated rings. The monoisotopic (exact) mass is 398 g/mol. The van der Waals surface area contributed by atoms with Gasteiger partial charge in [-0.05, 0) is 40.2 Å².